The molecule has 0 aliphatic heterocycles. The van der Waals surface area contributed by atoms with Crippen LogP contribution in [-0.2, 0) is 0 Å². The quantitative estimate of drug-likeness (QED) is 0.822. The van der Waals surface area contributed by atoms with Crippen molar-refractivity contribution >= 4 is 23.2 Å². The second-order valence-corrected chi connectivity index (χ2v) is 3.99. The number of hydrogen-bond donors (Lipinski definition) is 0. The summed E-state index contributed by atoms with van der Waals surface area (Å²) in [6.45, 7) is 0. The number of ether oxygens (including phenoxy) is 1. The number of rotatable bonds is 2. The molecule has 0 amide bonds. The van der Waals surface area contributed by atoms with Gasteiger partial charge < -0.3 is 4.74 Å². The Balaban J connectivity index is 2.20. The molecule has 0 radical (unpaired) electrons. The third-order valence-corrected chi connectivity index (χ3v) is 2.72. The molecule has 0 atom stereocenters. The molecule has 1 aromatic carbocycles. The Morgan fingerprint density at radius 3 is 2.53 bits per heavy atom. The first-order chi connectivity index (χ1) is 8.19. The van der Waals surface area contributed by atoms with Crippen molar-refractivity contribution in [2.24, 2.45) is 0 Å². The highest BCUT2D eigenvalue weighted by Gasteiger charge is 2.02. The number of hydrogen-bond acceptors (Lipinski definition) is 3. The molecule has 3 nitrogen and oxygen atoms in total. The number of nitriles is 1. The smallest absolute Gasteiger partial charge is 0.219 e. The average Bonchev–Trinajstić information content (AvgIpc) is 2.35. The van der Waals surface area contributed by atoms with E-state index in [1.165, 1.54) is 6.20 Å². The summed E-state index contributed by atoms with van der Waals surface area (Å²) in [7, 11) is 0. The fourth-order valence-corrected chi connectivity index (χ4v) is 1.46. The van der Waals surface area contributed by atoms with Crippen molar-refractivity contribution < 1.29 is 4.74 Å². The van der Waals surface area contributed by atoms with Crippen LogP contribution < -0.4 is 4.74 Å². The largest absolute Gasteiger partial charge is 0.439 e. The Labute approximate surface area is 108 Å². The van der Waals surface area contributed by atoms with Gasteiger partial charge in [0, 0.05) is 18.3 Å². The lowest BCUT2D eigenvalue weighted by Gasteiger charge is -2.05. The van der Waals surface area contributed by atoms with Crippen molar-refractivity contribution in [3.8, 4) is 17.7 Å². The Bertz CT molecular complexity index is 576. The van der Waals surface area contributed by atoms with Crippen LogP contribution >= 0.6 is 23.2 Å². The number of benzene rings is 1. The summed E-state index contributed by atoms with van der Waals surface area (Å²) in [5, 5.41) is 9.50. The monoisotopic (exact) mass is 264 g/mol. The predicted molar refractivity (Wildman–Crippen MR) is 65.5 cm³/mol. The molecule has 1 aromatic heterocycles. The van der Waals surface area contributed by atoms with Gasteiger partial charge in [-0.1, -0.05) is 23.2 Å². The Morgan fingerprint density at radius 1 is 1.12 bits per heavy atom. The zero-order valence-corrected chi connectivity index (χ0v) is 10.0. The first-order valence-corrected chi connectivity index (χ1v) is 5.43. The first kappa shape index (κ1) is 11.7. The molecule has 84 valence electrons. The van der Waals surface area contributed by atoms with Gasteiger partial charge >= 0.3 is 0 Å². The summed E-state index contributed by atoms with van der Waals surface area (Å²) in [6, 6.07) is 10.1. The molecule has 0 unspecified atom stereocenters. The van der Waals surface area contributed by atoms with E-state index in [0.717, 1.165) is 0 Å². The van der Waals surface area contributed by atoms with E-state index >= 15 is 0 Å². The van der Waals surface area contributed by atoms with E-state index in [9.17, 15) is 0 Å². The van der Waals surface area contributed by atoms with Crippen molar-refractivity contribution in [2.75, 3.05) is 0 Å². The minimum Gasteiger partial charge on any atom is -0.439 e. The van der Waals surface area contributed by atoms with Gasteiger partial charge in [0.1, 0.15) is 11.8 Å². The van der Waals surface area contributed by atoms with Gasteiger partial charge in [-0.2, -0.15) is 5.26 Å². The Kier molecular flexibility index (Phi) is 3.48. The topological polar surface area (TPSA) is 45.9 Å². The molecular weight excluding hydrogens is 259 g/mol. The molecule has 1 heterocycles. The molecule has 0 N–H and O–H groups in total. The maximum absolute atomic E-state index is 8.62. The molecule has 17 heavy (non-hydrogen) atoms. The fourth-order valence-electron chi connectivity index (χ4n) is 1.17. The van der Waals surface area contributed by atoms with Gasteiger partial charge in [-0.3, -0.25) is 0 Å². The van der Waals surface area contributed by atoms with Gasteiger partial charge in [-0.25, -0.2) is 4.98 Å². The molecule has 0 spiro atoms. The lowest BCUT2D eigenvalue weighted by Crippen LogP contribution is -1.88. The minimum atomic E-state index is 0.391. The molecule has 0 aliphatic rings. The van der Waals surface area contributed by atoms with Crippen molar-refractivity contribution in [1.82, 2.24) is 4.98 Å². The van der Waals surface area contributed by atoms with Gasteiger partial charge in [-0.05, 0) is 18.2 Å². The van der Waals surface area contributed by atoms with E-state index in [2.05, 4.69) is 4.98 Å². The van der Waals surface area contributed by atoms with Crippen LogP contribution in [0.25, 0.3) is 0 Å². The summed E-state index contributed by atoms with van der Waals surface area (Å²) < 4.78 is 5.45. The van der Waals surface area contributed by atoms with Crippen LogP contribution in [0, 0.1) is 11.3 Å². The van der Waals surface area contributed by atoms with Gasteiger partial charge in [0.25, 0.3) is 0 Å². The second kappa shape index (κ2) is 5.05. The molecule has 5 heteroatoms. The van der Waals surface area contributed by atoms with Crippen LogP contribution in [0.1, 0.15) is 5.56 Å². The van der Waals surface area contributed by atoms with E-state index in [4.69, 9.17) is 33.2 Å². The molecule has 0 saturated heterocycles. The number of pyridine rings is 1. The summed E-state index contributed by atoms with van der Waals surface area (Å²) in [6.07, 6.45) is 1.44. The molecule has 0 saturated carbocycles. The third-order valence-electron chi connectivity index (χ3n) is 1.98. The predicted octanol–water partition coefficient (Wildman–Crippen LogP) is 4.05. The van der Waals surface area contributed by atoms with Crippen LogP contribution in [0.3, 0.4) is 0 Å². The van der Waals surface area contributed by atoms with Crippen LogP contribution in [0.15, 0.2) is 36.5 Å². The van der Waals surface area contributed by atoms with Crippen LogP contribution in [0.4, 0.5) is 0 Å². The van der Waals surface area contributed by atoms with E-state index < -0.39 is 0 Å². The lowest BCUT2D eigenvalue weighted by molar-refractivity contribution is 0.463. The highest BCUT2D eigenvalue weighted by Crippen LogP contribution is 2.28. The third kappa shape index (κ3) is 2.88. The molecule has 0 aliphatic carbocycles. The fraction of sp³-hybridized carbons (Fsp3) is 0. The van der Waals surface area contributed by atoms with E-state index in [0.29, 0.717) is 27.2 Å². The highest BCUT2D eigenvalue weighted by atomic mass is 35.5. The molecule has 0 fully saturated rings. The van der Waals surface area contributed by atoms with Crippen molar-refractivity contribution in [3.63, 3.8) is 0 Å². The number of halogens is 2. The first-order valence-electron chi connectivity index (χ1n) is 4.68. The second-order valence-electron chi connectivity index (χ2n) is 3.17. The summed E-state index contributed by atoms with van der Waals surface area (Å²) >= 11 is 11.6. The van der Waals surface area contributed by atoms with Crippen molar-refractivity contribution in [1.29, 1.82) is 5.26 Å². The van der Waals surface area contributed by atoms with E-state index in [-0.39, 0.29) is 0 Å². The van der Waals surface area contributed by atoms with Crippen LogP contribution in [0.2, 0.25) is 10.0 Å². The lowest BCUT2D eigenvalue weighted by atomic mass is 10.3. The average molecular weight is 265 g/mol. The zero-order valence-electron chi connectivity index (χ0n) is 8.52. The molecule has 2 rings (SSSR count). The van der Waals surface area contributed by atoms with Crippen LogP contribution in [0.5, 0.6) is 11.6 Å². The van der Waals surface area contributed by atoms with Gasteiger partial charge in [0.15, 0.2) is 0 Å². The molecule has 0 bridgehead atoms. The normalized spacial score (nSPS) is 9.71. The number of aromatic nitrogens is 1. The Morgan fingerprint density at radius 2 is 1.94 bits per heavy atom. The summed E-state index contributed by atoms with van der Waals surface area (Å²) in [5.74, 6) is 0.930. The highest BCUT2D eigenvalue weighted by molar-refractivity contribution is 6.42. The minimum absolute atomic E-state index is 0.391. The van der Waals surface area contributed by atoms with Gasteiger partial charge in [0.2, 0.25) is 5.88 Å². The maximum atomic E-state index is 8.62. The number of nitrogens with zero attached hydrogens (tertiary/aromatic N) is 2. The molecular formula is C12H6Cl2N2O. The maximum Gasteiger partial charge on any atom is 0.219 e. The van der Waals surface area contributed by atoms with Gasteiger partial charge in [-0.15, -0.1) is 0 Å². The van der Waals surface area contributed by atoms with E-state index in [1.54, 1.807) is 30.3 Å². The van der Waals surface area contributed by atoms with Gasteiger partial charge in [0.05, 0.1) is 15.6 Å². The standard InChI is InChI=1S/C12H6Cl2N2O/c13-10-3-2-9(5-11(10)14)17-12-4-1-8(6-15)7-16-12/h1-5,7H. The zero-order chi connectivity index (χ0) is 12.3. The Hall–Kier alpha value is -1.76. The van der Waals surface area contributed by atoms with Crippen molar-refractivity contribution in [3.05, 3.63) is 52.1 Å². The van der Waals surface area contributed by atoms with Crippen LogP contribution in [-0.4, -0.2) is 4.98 Å². The molecule has 2 aromatic rings. The van der Waals surface area contributed by atoms with E-state index in [1.807, 2.05) is 6.07 Å². The SMILES string of the molecule is N#Cc1ccc(Oc2ccc(Cl)c(Cl)c2)nc1. The summed E-state index contributed by atoms with van der Waals surface area (Å²) in [5.41, 5.74) is 0.478. The summed E-state index contributed by atoms with van der Waals surface area (Å²) in [4.78, 5) is 3.98. The van der Waals surface area contributed by atoms with Crippen molar-refractivity contribution in [2.45, 2.75) is 0 Å².